The lowest BCUT2D eigenvalue weighted by Gasteiger charge is -2.47. The number of rotatable bonds is 7. The van der Waals surface area contributed by atoms with E-state index in [4.69, 9.17) is 4.74 Å². The molecule has 0 bridgehead atoms. The predicted octanol–water partition coefficient (Wildman–Crippen LogP) is 1.56. The zero-order valence-corrected chi connectivity index (χ0v) is 13.6. The second kappa shape index (κ2) is 6.34. The molecule has 0 aromatic carbocycles. The summed E-state index contributed by atoms with van der Waals surface area (Å²) in [6, 6.07) is -0.392. The second-order valence-electron chi connectivity index (χ2n) is 6.66. The van der Waals surface area contributed by atoms with Crippen molar-refractivity contribution < 1.29 is 14.3 Å². The first kappa shape index (κ1) is 16.3. The average Bonchev–Trinajstić information content (AvgIpc) is 3.26. The van der Waals surface area contributed by atoms with Crippen LogP contribution >= 0.6 is 0 Å². The Labute approximate surface area is 127 Å². The molecular formula is C16H28N2O3. The van der Waals surface area contributed by atoms with Crippen molar-refractivity contribution in [1.29, 1.82) is 0 Å². The number of amides is 2. The summed E-state index contributed by atoms with van der Waals surface area (Å²) in [7, 11) is 0. The Bertz CT molecular complexity index is 406. The standard InChI is InChI=1S/C16H28N2O3/c1-5-21-10-6-9-18-14(19)13(11(2)3)17-15(20)16(18,4)12-7-8-12/h11-13H,5-10H2,1-4H3,(H,17,20). The Balaban J connectivity index is 2.14. The molecule has 2 atom stereocenters. The van der Waals surface area contributed by atoms with Crippen LogP contribution < -0.4 is 5.32 Å². The number of piperazine rings is 1. The van der Waals surface area contributed by atoms with Gasteiger partial charge < -0.3 is 15.0 Å². The van der Waals surface area contributed by atoms with Crippen molar-refractivity contribution in [2.24, 2.45) is 11.8 Å². The maximum Gasteiger partial charge on any atom is 0.246 e. The van der Waals surface area contributed by atoms with Crippen LogP contribution in [0.15, 0.2) is 0 Å². The summed E-state index contributed by atoms with van der Waals surface area (Å²) >= 11 is 0. The highest BCUT2D eigenvalue weighted by Gasteiger charge is 2.57. The smallest absolute Gasteiger partial charge is 0.246 e. The summed E-state index contributed by atoms with van der Waals surface area (Å²) in [5.41, 5.74) is -0.672. The highest BCUT2D eigenvalue weighted by atomic mass is 16.5. The molecule has 120 valence electrons. The summed E-state index contributed by atoms with van der Waals surface area (Å²) < 4.78 is 5.37. The van der Waals surface area contributed by atoms with E-state index < -0.39 is 11.6 Å². The number of carbonyl (C=O) groups excluding carboxylic acids is 2. The Hall–Kier alpha value is -1.10. The third-order valence-corrected chi connectivity index (χ3v) is 4.75. The summed E-state index contributed by atoms with van der Waals surface area (Å²) in [5.74, 6) is 0.497. The summed E-state index contributed by atoms with van der Waals surface area (Å²) in [6.45, 7) is 9.75. The summed E-state index contributed by atoms with van der Waals surface area (Å²) in [5, 5.41) is 2.95. The van der Waals surface area contributed by atoms with Gasteiger partial charge in [-0.2, -0.15) is 0 Å². The molecule has 5 nitrogen and oxygen atoms in total. The molecule has 1 saturated carbocycles. The van der Waals surface area contributed by atoms with Crippen LogP contribution in [0.4, 0.5) is 0 Å². The van der Waals surface area contributed by atoms with E-state index in [9.17, 15) is 9.59 Å². The summed E-state index contributed by atoms with van der Waals surface area (Å²) in [6.07, 6.45) is 2.84. The van der Waals surface area contributed by atoms with Crippen molar-refractivity contribution in [2.75, 3.05) is 19.8 Å². The molecule has 21 heavy (non-hydrogen) atoms. The SMILES string of the molecule is CCOCCCN1C(=O)C(C(C)C)NC(=O)C1(C)C1CC1. The molecule has 1 N–H and O–H groups in total. The lowest BCUT2D eigenvalue weighted by Crippen LogP contribution is -2.71. The number of nitrogens with one attached hydrogen (secondary N) is 1. The van der Waals surface area contributed by atoms with Gasteiger partial charge in [0.2, 0.25) is 11.8 Å². The first-order valence-electron chi connectivity index (χ1n) is 8.13. The summed E-state index contributed by atoms with van der Waals surface area (Å²) in [4.78, 5) is 27.2. The minimum Gasteiger partial charge on any atom is -0.382 e. The van der Waals surface area contributed by atoms with Gasteiger partial charge in [0.05, 0.1) is 0 Å². The molecule has 1 aliphatic carbocycles. The van der Waals surface area contributed by atoms with Gasteiger partial charge in [-0.25, -0.2) is 0 Å². The number of hydrogen-bond acceptors (Lipinski definition) is 3. The maximum atomic E-state index is 12.8. The lowest BCUT2D eigenvalue weighted by molar-refractivity contribution is -0.159. The van der Waals surface area contributed by atoms with E-state index in [2.05, 4.69) is 5.32 Å². The number of nitrogens with zero attached hydrogens (tertiary/aromatic N) is 1. The molecule has 0 spiro atoms. The van der Waals surface area contributed by atoms with E-state index in [1.807, 2.05) is 32.6 Å². The van der Waals surface area contributed by atoms with Crippen LogP contribution in [0.2, 0.25) is 0 Å². The van der Waals surface area contributed by atoms with Crippen molar-refractivity contribution in [3.63, 3.8) is 0 Å². The molecule has 2 fully saturated rings. The van der Waals surface area contributed by atoms with Gasteiger partial charge in [0.15, 0.2) is 0 Å². The maximum absolute atomic E-state index is 12.8. The third kappa shape index (κ3) is 3.07. The van der Waals surface area contributed by atoms with Crippen LogP contribution in [0, 0.1) is 11.8 Å². The largest absolute Gasteiger partial charge is 0.382 e. The molecule has 2 rings (SSSR count). The highest BCUT2D eigenvalue weighted by molar-refractivity contribution is 6.00. The van der Waals surface area contributed by atoms with E-state index in [0.29, 0.717) is 25.7 Å². The van der Waals surface area contributed by atoms with Gasteiger partial charge in [0, 0.05) is 19.8 Å². The molecule has 2 unspecified atom stereocenters. The minimum atomic E-state index is -0.672. The molecule has 1 aliphatic heterocycles. The van der Waals surface area contributed by atoms with Gasteiger partial charge >= 0.3 is 0 Å². The Morgan fingerprint density at radius 2 is 2.05 bits per heavy atom. The molecular weight excluding hydrogens is 268 g/mol. The molecule has 1 heterocycles. The van der Waals surface area contributed by atoms with Crippen molar-refractivity contribution in [3.8, 4) is 0 Å². The molecule has 1 saturated heterocycles. The molecule has 2 aliphatic rings. The van der Waals surface area contributed by atoms with Crippen molar-refractivity contribution in [1.82, 2.24) is 10.2 Å². The zero-order valence-electron chi connectivity index (χ0n) is 13.6. The van der Waals surface area contributed by atoms with Gasteiger partial charge in [-0.1, -0.05) is 13.8 Å². The lowest BCUT2D eigenvalue weighted by atomic mass is 9.85. The van der Waals surface area contributed by atoms with Gasteiger partial charge in [0.1, 0.15) is 11.6 Å². The van der Waals surface area contributed by atoms with E-state index in [1.54, 1.807) is 0 Å². The molecule has 2 amide bonds. The number of hydrogen-bond donors (Lipinski definition) is 1. The number of ether oxygens (including phenoxy) is 1. The fraction of sp³-hybridized carbons (Fsp3) is 0.875. The third-order valence-electron chi connectivity index (χ3n) is 4.75. The minimum absolute atomic E-state index is 0.0136. The first-order valence-corrected chi connectivity index (χ1v) is 8.13. The fourth-order valence-electron chi connectivity index (χ4n) is 3.18. The van der Waals surface area contributed by atoms with Crippen LogP contribution in [0.5, 0.6) is 0 Å². The highest BCUT2D eigenvalue weighted by Crippen LogP contribution is 2.45. The van der Waals surface area contributed by atoms with Gasteiger partial charge in [0.25, 0.3) is 0 Å². The van der Waals surface area contributed by atoms with Crippen LogP contribution in [0.25, 0.3) is 0 Å². The van der Waals surface area contributed by atoms with Crippen LogP contribution in [-0.4, -0.2) is 48.1 Å². The van der Waals surface area contributed by atoms with Gasteiger partial charge in [-0.3, -0.25) is 9.59 Å². The quantitative estimate of drug-likeness (QED) is 0.725. The molecule has 5 heteroatoms. The molecule has 0 aromatic rings. The molecule has 0 radical (unpaired) electrons. The van der Waals surface area contributed by atoms with E-state index in [-0.39, 0.29) is 17.7 Å². The van der Waals surface area contributed by atoms with Gasteiger partial charge in [-0.05, 0) is 44.9 Å². The van der Waals surface area contributed by atoms with Gasteiger partial charge in [-0.15, -0.1) is 0 Å². The second-order valence-corrected chi connectivity index (χ2v) is 6.66. The predicted molar refractivity (Wildman–Crippen MR) is 80.7 cm³/mol. The first-order chi connectivity index (χ1) is 9.92. The monoisotopic (exact) mass is 296 g/mol. The van der Waals surface area contributed by atoms with Crippen LogP contribution in [0.1, 0.15) is 47.0 Å². The molecule has 0 aromatic heterocycles. The fourth-order valence-corrected chi connectivity index (χ4v) is 3.18. The Kier molecular flexibility index (Phi) is 4.91. The van der Waals surface area contributed by atoms with E-state index in [1.165, 1.54) is 0 Å². The average molecular weight is 296 g/mol. The Morgan fingerprint density at radius 1 is 1.38 bits per heavy atom. The number of carbonyl (C=O) groups is 2. The van der Waals surface area contributed by atoms with Crippen molar-refractivity contribution >= 4 is 11.8 Å². The van der Waals surface area contributed by atoms with Crippen molar-refractivity contribution in [3.05, 3.63) is 0 Å². The topological polar surface area (TPSA) is 58.6 Å². The zero-order chi connectivity index (χ0) is 15.6. The normalized spacial score (nSPS) is 30.0. The van der Waals surface area contributed by atoms with Crippen molar-refractivity contribution in [2.45, 2.75) is 58.5 Å². The van der Waals surface area contributed by atoms with Crippen LogP contribution in [0.3, 0.4) is 0 Å². The Morgan fingerprint density at radius 3 is 2.57 bits per heavy atom. The van der Waals surface area contributed by atoms with E-state index >= 15 is 0 Å². The van der Waals surface area contributed by atoms with Crippen LogP contribution in [-0.2, 0) is 14.3 Å². The van der Waals surface area contributed by atoms with E-state index in [0.717, 1.165) is 19.3 Å².